The molecule has 0 spiro atoms. The van der Waals surface area contributed by atoms with Gasteiger partial charge in [-0.1, -0.05) is 18.2 Å². The van der Waals surface area contributed by atoms with E-state index in [1.807, 2.05) is 25.2 Å². The summed E-state index contributed by atoms with van der Waals surface area (Å²) in [6, 6.07) is 8.20. The lowest BCUT2D eigenvalue weighted by molar-refractivity contribution is -0.132. The van der Waals surface area contributed by atoms with Gasteiger partial charge in [-0.25, -0.2) is 0 Å². The van der Waals surface area contributed by atoms with Gasteiger partial charge in [-0.3, -0.25) is 14.5 Å². The van der Waals surface area contributed by atoms with Crippen LogP contribution in [0.3, 0.4) is 0 Å². The molecular formula is C17H23N3O3. The minimum absolute atomic E-state index is 0.0425. The lowest BCUT2D eigenvalue weighted by atomic mass is 9.85. The first-order valence-corrected chi connectivity index (χ1v) is 7.89. The van der Waals surface area contributed by atoms with Crippen LogP contribution in [-0.4, -0.2) is 62.5 Å². The number of nitrogens with one attached hydrogen (secondary N) is 1. The highest BCUT2D eigenvalue weighted by molar-refractivity contribution is 5.86. The number of likely N-dealkylation sites (tertiary alicyclic amines) is 1. The SMILES string of the molecule is CN(C)C(=O)CNC(=O)[C@@H]1CN(C)[C@H]2c3ccccc3OC[C@@H]12. The van der Waals surface area contributed by atoms with Crippen molar-refractivity contribution >= 4 is 11.8 Å². The third-order valence-electron chi connectivity index (χ3n) is 4.80. The van der Waals surface area contributed by atoms with E-state index in [-0.39, 0.29) is 36.2 Å². The minimum atomic E-state index is -0.159. The zero-order valence-electron chi connectivity index (χ0n) is 13.8. The predicted molar refractivity (Wildman–Crippen MR) is 86.0 cm³/mol. The Morgan fingerprint density at radius 2 is 2.09 bits per heavy atom. The molecule has 2 aliphatic rings. The Bertz CT molecular complexity index is 617. The molecule has 0 aliphatic carbocycles. The van der Waals surface area contributed by atoms with Crippen molar-refractivity contribution < 1.29 is 14.3 Å². The van der Waals surface area contributed by atoms with E-state index in [0.717, 1.165) is 11.3 Å². The molecule has 1 aromatic carbocycles. The van der Waals surface area contributed by atoms with Gasteiger partial charge in [0.25, 0.3) is 0 Å². The smallest absolute Gasteiger partial charge is 0.241 e. The van der Waals surface area contributed by atoms with Gasteiger partial charge in [0.2, 0.25) is 11.8 Å². The maximum absolute atomic E-state index is 12.5. The molecule has 0 unspecified atom stereocenters. The lowest BCUT2D eigenvalue weighted by Gasteiger charge is -2.32. The average molecular weight is 317 g/mol. The molecule has 2 aliphatic heterocycles. The van der Waals surface area contributed by atoms with Crippen molar-refractivity contribution in [2.45, 2.75) is 6.04 Å². The molecule has 1 N–H and O–H groups in total. The summed E-state index contributed by atoms with van der Waals surface area (Å²) in [4.78, 5) is 27.9. The number of likely N-dealkylation sites (N-methyl/N-ethyl adjacent to an activating group) is 1. The summed E-state index contributed by atoms with van der Waals surface area (Å²) in [5.74, 6) is 0.691. The molecule has 0 radical (unpaired) electrons. The van der Waals surface area contributed by atoms with Gasteiger partial charge in [-0.2, -0.15) is 0 Å². The number of amides is 2. The molecule has 3 rings (SSSR count). The summed E-state index contributed by atoms with van der Waals surface area (Å²) < 4.78 is 5.85. The number of rotatable bonds is 3. The zero-order valence-corrected chi connectivity index (χ0v) is 13.8. The Morgan fingerprint density at radius 1 is 1.35 bits per heavy atom. The summed E-state index contributed by atoms with van der Waals surface area (Å²) in [6.45, 7) is 1.25. The van der Waals surface area contributed by atoms with Crippen LogP contribution in [0.5, 0.6) is 5.75 Å². The van der Waals surface area contributed by atoms with E-state index in [9.17, 15) is 9.59 Å². The second-order valence-electron chi connectivity index (χ2n) is 6.51. The van der Waals surface area contributed by atoms with Crippen LogP contribution in [0.25, 0.3) is 0 Å². The Labute approximate surface area is 136 Å². The summed E-state index contributed by atoms with van der Waals surface area (Å²) in [5, 5.41) is 2.77. The fourth-order valence-electron chi connectivity index (χ4n) is 3.55. The summed E-state index contributed by atoms with van der Waals surface area (Å²) in [7, 11) is 5.40. The molecule has 23 heavy (non-hydrogen) atoms. The van der Waals surface area contributed by atoms with Gasteiger partial charge in [-0.05, 0) is 13.1 Å². The number of benzene rings is 1. The van der Waals surface area contributed by atoms with E-state index in [1.165, 1.54) is 4.90 Å². The van der Waals surface area contributed by atoms with Crippen LogP contribution >= 0.6 is 0 Å². The van der Waals surface area contributed by atoms with Gasteiger partial charge in [0.1, 0.15) is 5.75 Å². The Hall–Kier alpha value is -2.08. The summed E-state index contributed by atoms with van der Waals surface area (Å²) in [6.07, 6.45) is 0. The number of hydrogen-bond donors (Lipinski definition) is 1. The fourth-order valence-corrected chi connectivity index (χ4v) is 3.55. The molecule has 1 aromatic rings. The topological polar surface area (TPSA) is 61.9 Å². The first-order chi connectivity index (χ1) is 11.0. The number of carbonyl (C=O) groups is 2. The maximum Gasteiger partial charge on any atom is 0.241 e. The largest absolute Gasteiger partial charge is 0.493 e. The molecule has 124 valence electrons. The number of ether oxygens (including phenoxy) is 1. The highest BCUT2D eigenvalue weighted by Crippen LogP contribution is 2.46. The fraction of sp³-hybridized carbons (Fsp3) is 0.529. The highest BCUT2D eigenvalue weighted by atomic mass is 16.5. The molecule has 1 saturated heterocycles. The standard InChI is InChI=1S/C17H23N3O3/c1-19(2)15(21)8-18-17(22)12-9-20(3)16-11-6-4-5-7-14(11)23-10-13(12)16/h4-7,12-13,16H,8-10H2,1-3H3,(H,18,22)/t12-,13+,16+/m1/s1. The lowest BCUT2D eigenvalue weighted by Crippen LogP contribution is -2.42. The van der Waals surface area contributed by atoms with Crippen molar-refractivity contribution in [3.63, 3.8) is 0 Å². The molecule has 6 nitrogen and oxygen atoms in total. The Morgan fingerprint density at radius 3 is 2.83 bits per heavy atom. The number of fused-ring (bicyclic) bond motifs is 3. The summed E-state index contributed by atoms with van der Waals surface area (Å²) in [5.41, 5.74) is 1.14. The third-order valence-corrected chi connectivity index (χ3v) is 4.80. The van der Waals surface area contributed by atoms with Crippen LogP contribution < -0.4 is 10.1 Å². The van der Waals surface area contributed by atoms with Crippen molar-refractivity contribution in [1.82, 2.24) is 15.1 Å². The van der Waals surface area contributed by atoms with Gasteiger partial charge < -0.3 is 15.0 Å². The minimum Gasteiger partial charge on any atom is -0.493 e. The molecule has 0 saturated carbocycles. The van der Waals surface area contributed by atoms with Crippen LogP contribution in [0, 0.1) is 11.8 Å². The molecule has 2 heterocycles. The van der Waals surface area contributed by atoms with Crippen LogP contribution in [0.2, 0.25) is 0 Å². The Kier molecular flexibility index (Phi) is 4.26. The van der Waals surface area contributed by atoms with Gasteiger partial charge >= 0.3 is 0 Å². The third kappa shape index (κ3) is 2.91. The maximum atomic E-state index is 12.5. The quantitative estimate of drug-likeness (QED) is 0.882. The van der Waals surface area contributed by atoms with Crippen molar-refractivity contribution in [2.75, 3.05) is 40.8 Å². The Balaban J connectivity index is 1.72. The van der Waals surface area contributed by atoms with E-state index in [2.05, 4.69) is 16.3 Å². The summed E-state index contributed by atoms with van der Waals surface area (Å²) >= 11 is 0. The molecule has 3 atom stereocenters. The molecule has 0 bridgehead atoms. The van der Waals surface area contributed by atoms with E-state index in [1.54, 1.807) is 14.1 Å². The van der Waals surface area contributed by atoms with Crippen LogP contribution in [0.15, 0.2) is 24.3 Å². The van der Waals surface area contributed by atoms with Crippen LogP contribution in [0.1, 0.15) is 11.6 Å². The predicted octanol–water partition coefficient (Wildman–Crippen LogP) is 0.502. The number of para-hydroxylation sites is 1. The normalized spacial score (nSPS) is 26.0. The van der Waals surface area contributed by atoms with Crippen molar-refractivity contribution in [1.29, 1.82) is 0 Å². The molecule has 6 heteroatoms. The van der Waals surface area contributed by atoms with Crippen molar-refractivity contribution in [3.8, 4) is 5.75 Å². The second kappa shape index (κ2) is 6.20. The van der Waals surface area contributed by atoms with Crippen molar-refractivity contribution in [2.24, 2.45) is 11.8 Å². The van der Waals surface area contributed by atoms with Crippen LogP contribution in [0.4, 0.5) is 0 Å². The molecule has 1 fully saturated rings. The highest BCUT2D eigenvalue weighted by Gasteiger charge is 2.47. The first-order valence-electron chi connectivity index (χ1n) is 7.89. The average Bonchev–Trinajstić information content (AvgIpc) is 2.89. The zero-order chi connectivity index (χ0) is 16.6. The number of carbonyl (C=O) groups excluding carboxylic acids is 2. The van der Waals surface area contributed by atoms with E-state index in [0.29, 0.717) is 13.2 Å². The second-order valence-corrected chi connectivity index (χ2v) is 6.51. The number of nitrogens with zero attached hydrogens (tertiary/aromatic N) is 2. The van der Waals surface area contributed by atoms with E-state index < -0.39 is 0 Å². The van der Waals surface area contributed by atoms with Gasteiger partial charge in [-0.15, -0.1) is 0 Å². The number of hydrogen-bond acceptors (Lipinski definition) is 4. The first kappa shape index (κ1) is 15.8. The monoisotopic (exact) mass is 317 g/mol. The van der Waals surface area contributed by atoms with Gasteiger partial charge in [0.05, 0.1) is 19.1 Å². The molecule has 2 amide bonds. The van der Waals surface area contributed by atoms with E-state index >= 15 is 0 Å². The van der Waals surface area contributed by atoms with Gasteiger partial charge in [0, 0.05) is 38.2 Å². The van der Waals surface area contributed by atoms with Crippen LogP contribution in [-0.2, 0) is 9.59 Å². The molecule has 0 aromatic heterocycles. The van der Waals surface area contributed by atoms with Crippen molar-refractivity contribution in [3.05, 3.63) is 29.8 Å². The van der Waals surface area contributed by atoms with Gasteiger partial charge in [0.15, 0.2) is 0 Å². The van der Waals surface area contributed by atoms with E-state index in [4.69, 9.17) is 4.74 Å². The molecular weight excluding hydrogens is 294 g/mol.